The number of Topliss-reactive ketones (excluding diaryl/α,β-unsaturated/α-hetero) is 1. The van der Waals surface area contributed by atoms with Crippen molar-refractivity contribution in [3.8, 4) is 0 Å². The Morgan fingerprint density at radius 2 is 1.84 bits per heavy atom. The molecule has 3 fully saturated rings. The van der Waals surface area contributed by atoms with Crippen LogP contribution in [0.2, 0.25) is 0 Å². The van der Waals surface area contributed by atoms with Gasteiger partial charge in [0.25, 0.3) is 0 Å². The summed E-state index contributed by atoms with van der Waals surface area (Å²) in [6, 6.07) is 0. The summed E-state index contributed by atoms with van der Waals surface area (Å²) in [5.41, 5.74) is 0.253. The second-order valence-corrected chi connectivity index (χ2v) is 12.2. The number of nitrogens with zero attached hydrogens (tertiary/aromatic N) is 2. The zero-order valence-electron chi connectivity index (χ0n) is 19.4. The number of anilines is 1. The van der Waals surface area contributed by atoms with Gasteiger partial charge in [0.1, 0.15) is 0 Å². The molecular weight excluding hydrogens is 408 g/mol. The van der Waals surface area contributed by atoms with Crippen molar-refractivity contribution < 1.29 is 15.0 Å². The number of aliphatic hydroxyl groups is 2. The van der Waals surface area contributed by atoms with Gasteiger partial charge in [-0.3, -0.25) is 4.79 Å². The number of aliphatic hydroxyl groups excluding tert-OH is 2. The highest BCUT2D eigenvalue weighted by Crippen LogP contribution is 2.70. The SMILES string of the molecule is C=C1C(=O)[C@@]23[C@H](O)C[C@@H]4C(C)(C)c5nc(N(CC)CC)sc5C[C@@]4(C)[C@@H]2CC[C@H]1[C@H]3O. The lowest BCUT2D eigenvalue weighted by Crippen LogP contribution is -2.68. The first kappa shape index (κ1) is 21.6. The number of thiazole rings is 1. The van der Waals surface area contributed by atoms with Crippen LogP contribution in [0.3, 0.4) is 0 Å². The Morgan fingerprint density at radius 3 is 2.48 bits per heavy atom. The Kier molecular flexibility index (Phi) is 4.63. The Morgan fingerprint density at radius 1 is 1.16 bits per heavy atom. The van der Waals surface area contributed by atoms with Crippen LogP contribution in [0.1, 0.15) is 64.5 Å². The van der Waals surface area contributed by atoms with Crippen LogP contribution < -0.4 is 4.90 Å². The van der Waals surface area contributed by atoms with E-state index in [2.05, 4.69) is 46.1 Å². The molecule has 0 saturated heterocycles. The van der Waals surface area contributed by atoms with Gasteiger partial charge in [-0.2, -0.15) is 0 Å². The van der Waals surface area contributed by atoms with E-state index in [-0.39, 0.29) is 34.4 Å². The fourth-order valence-electron chi connectivity index (χ4n) is 8.24. The first-order valence-electron chi connectivity index (χ1n) is 11.9. The Labute approximate surface area is 189 Å². The van der Waals surface area contributed by atoms with E-state index in [1.165, 1.54) is 10.6 Å². The van der Waals surface area contributed by atoms with E-state index >= 15 is 0 Å². The van der Waals surface area contributed by atoms with Crippen molar-refractivity contribution >= 4 is 22.3 Å². The smallest absolute Gasteiger partial charge is 0.185 e. The van der Waals surface area contributed by atoms with Crippen LogP contribution in [-0.4, -0.2) is 46.3 Å². The lowest BCUT2D eigenvalue weighted by Gasteiger charge is -2.64. The number of aromatic nitrogens is 1. The summed E-state index contributed by atoms with van der Waals surface area (Å²) in [4.78, 5) is 22.3. The molecule has 5 nitrogen and oxygen atoms in total. The predicted octanol–water partition coefficient (Wildman–Crippen LogP) is 3.72. The topological polar surface area (TPSA) is 73.7 Å². The van der Waals surface area contributed by atoms with Crippen molar-refractivity contribution in [3.05, 3.63) is 22.7 Å². The number of carbonyl (C=O) groups excluding carboxylic acids is 1. The van der Waals surface area contributed by atoms with Crippen molar-refractivity contribution in [2.24, 2.45) is 28.6 Å². The van der Waals surface area contributed by atoms with Gasteiger partial charge in [-0.05, 0) is 62.4 Å². The predicted molar refractivity (Wildman–Crippen MR) is 123 cm³/mol. The number of ketones is 1. The van der Waals surface area contributed by atoms with E-state index in [9.17, 15) is 15.0 Å². The lowest BCUT2D eigenvalue weighted by atomic mass is 9.40. The van der Waals surface area contributed by atoms with Crippen molar-refractivity contribution in [1.29, 1.82) is 0 Å². The molecule has 4 aliphatic carbocycles. The fourth-order valence-corrected chi connectivity index (χ4v) is 9.77. The molecule has 0 aliphatic heterocycles. The highest BCUT2D eigenvalue weighted by atomic mass is 32.1. The summed E-state index contributed by atoms with van der Waals surface area (Å²) in [5, 5.41) is 23.9. The van der Waals surface area contributed by atoms with Crippen molar-refractivity contribution in [1.82, 2.24) is 4.98 Å². The quantitative estimate of drug-likeness (QED) is 0.695. The van der Waals surface area contributed by atoms with Crippen LogP contribution in [0.25, 0.3) is 0 Å². The Hall–Kier alpha value is -1.24. The zero-order valence-corrected chi connectivity index (χ0v) is 20.3. The Balaban J connectivity index is 1.65. The monoisotopic (exact) mass is 444 g/mol. The summed E-state index contributed by atoms with van der Waals surface area (Å²) >= 11 is 1.80. The van der Waals surface area contributed by atoms with Crippen LogP contribution in [0.15, 0.2) is 12.2 Å². The molecule has 4 aliphatic rings. The lowest BCUT2D eigenvalue weighted by molar-refractivity contribution is -0.212. The van der Waals surface area contributed by atoms with Gasteiger partial charge in [0, 0.05) is 29.3 Å². The van der Waals surface area contributed by atoms with Crippen LogP contribution in [-0.2, 0) is 16.6 Å². The second kappa shape index (κ2) is 6.64. The minimum atomic E-state index is -1.08. The summed E-state index contributed by atoms with van der Waals surface area (Å²) < 4.78 is 0. The highest BCUT2D eigenvalue weighted by Gasteiger charge is 2.74. The van der Waals surface area contributed by atoms with Gasteiger partial charge >= 0.3 is 0 Å². The third kappa shape index (κ3) is 2.39. The molecule has 3 saturated carbocycles. The minimum absolute atomic E-state index is 0.0434. The largest absolute Gasteiger partial charge is 0.392 e. The molecule has 2 N–H and O–H groups in total. The number of carbonyl (C=O) groups is 1. The third-order valence-corrected chi connectivity index (χ3v) is 10.8. The normalized spacial score (nSPS) is 42.7. The summed E-state index contributed by atoms with van der Waals surface area (Å²) in [6.07, 6.45) is 1.40. The molecule has 7 atom stereocenters. The first-order valence-corrected chi connectivity index (χ1v) is 12.7. The molecule has 1 aromatic heterocycles. The van der Waals surface area contributed by atoms with Gasteiger partial charge in [-0.15, -0.1) is 11.3 Å². The third-order valence-electron chi connectivity index (χ3n) is 9.69. The van der Waals surface area contributed by atoms with Gasteiger partial charge in [0.15, 0.2) is 10.9 Å². The standard InChI is InChI=1S/C25H36N2O3S/c1-7-27(8-2)22-26-19-15(31-22)12-24(6)16-10-9-14-13(3)20(29)25(16,21(14)30)18(28)11-17(24)23(19,4)5/h14,16-18,21,28,30H,3,7-12H2,1-2,4-6H3/t14-,16+,17-,18-,21-,24+,25+/m1/s1. The van der Waals surface area contributed by atoms with Crippen LogP contribution in [0.4, 0.5) is 5.13 Å². The number of hydrogen-bond donors (Lipinski definition) is 2. The number of fused-ring (bicyclic) bond motifs is 4. The van der Waals surface area contributed by atoms with E-state index in [1.807, 2.05) is 0 Å². The highest BCUT2D eigenvalue weighted by molar-refractivity contribution is 7.15. The first-order chi connectivity index (χ1) is 14.5. The fraction of sp³-hybridized carbons (Fsp3) is 0.760. The van der Waals surface area contributed by atoms with E-state index in [4.69, 9.17) is 4.98 Å². The van der Waals surface area contributed by atoms with Crippen LogP contribution in [0, 0.1) is 28.6 Å². The van der Waals surface area contributed by atoms with Gasteiger partial charge in [0.05, 0.1) is 23.3 Å². The van der Waals surface area contributed by atoms with E-state index in [0.29, 0.717) is 12.0 Å². The Bertz CT molecular complexity index is 951. The van der Waals surface area contributed by atoms with Crippen molar-refractivity contribution in [2.75, 3.05) is 18.0 Å². The van der Waals surface area contributed by atoms with Gasteiger partial charge in [0.2, 0.25) is 0 Å². The van der Waals surface area contributed by atoms with Crippen LogP contribution >= 0.6 is 11.3 Å². The molecule has 0 radical (unpaired) electrons. The van der Waals surface area contributed by atoms with E-state index < -0.39 is 17.6 Å². The summed E-state index contributed by atoms with van der Waals surface area (Å²) in [5.74, 6) is -0.104. The number of rotatable bonds is 3. The van der Waals surface area contributed by atoms with E-state index in [0.717, 1.165) is 37.5 Å². The van der Waals surface area contributed by atoms with Crippen LogP contribution in [0.5, 0.6) is 0 Å². The van der Waals surface area contributed by atoms with E-state index in [1.54, 1.807) is 11.3 Å². The van der Waals surface area contributed by atoms with Gasteiger partial charge in [-0.1, -0.05) is 27.4 Å². The molecule has 1 aromatic rings. The molecule has 0 aromatic carbocycles. The molecule has 31 heavy (non-hydrogen) atoms. The summed E-state index contributed by atoms with van der Waals surface area (Å²) in [6.45, 7) is 17.1. The second-order valence-electron chi connectivity index (χ2n) is 11.1. The molecule has 1 spiro atoms. The van der Waals surface area contributed by atoms with Gasteiger partial charge in [-0.25, -0.2) is 4.98 Å². The number of hydrogen-bond acceptors (Lipinski definition) is 6. The molecular formula is C25H36N2O3S. The molecule has 2 bridgehead atoms. The van der Waals surface area contributed by atoms with Gasteiger partial charge < -0.3 is 15.1 Å². The molecule has 0 unspecified atom stereocenters. The average molecular weight is 445 g/mol. The van der Waals surface area contributed by atoms with Crippen molar-refractivity contribution in [3.63, 3.8) is 0 Å². The summed E-state index contributed by atoms with van der Waals surface area (Å²) in [7, 11) is 0. The van der Waals surface area contributed by atoms with Crippen molar-refractivity contribution in [2.45, 2.75) is 77.9 Å². The average Bonchev–Trinajstić information content (AvgIpc) is 3.17. The minimum Gasteiger partial charge on any atom is -0.392 e. The molecule has 6 heteroatoms. The molecule has 0 amide bonds. The molecule has 170 valence electrons. The maximum absolute atomic E-state index is 13.5. The maximum atomic E-state index is 13.5. The maximum Gasteiger partial charge on any atom is 0.185 e. The molecule has 5 rings (SSSR count). The molecule has 1 heterocycles. The zero-order chi connectivity index (χ0) is 22.5.